The molecule has 11 nitrogen and oxygen atoms in total. The van der Waals surface area contributed by atoms with Crippen LogP contribution in [0.5, 0.6) is 0 Å². The van der Waals surface area contributed by atoms with Gasteiger partial charge in [-0.25, -0.2) is 4.57 Å². The van der Waals surface area contributed by atoms with Crippen molar-refractivity contribution < 1.29 is 47.5 Å². The lowest BCUT2D eigenvalue weighted by molar-refractivity contribution is -0.161. The number of nitrogens with two attached hydrogens (primary N) is 1. The Morgan fingerprint density at radius 3 is 1.37 bits per heavy atom. The third-order valence-corrected chi connectivity index (χ3v) is 11.0. The van der Waals surface area contributed by atoms with Gasteiger partial charge in [0.2, 0.25) is 0 Å². The Labute approximate surface area is 365 Å². The number of carboxylic acids is 1. The third-order valence-electron chi connectivity index (χ3n) is 10.1. The summed E-state index contributed by atoms with van der Waals surface area (Å²) >= 11 is 0. The molecule has 0 rings (SSSR count). The topological polar surface area (TPSA) is 172 Å². The van der Waals surface area contributed by atoms with Crippen molar-refractivity contribution >= 4 is 25.7 Å². The average Bonchev–Trinajstić information content (AvgIpc) is 3.22. The van der Waals surface area contributed by atoms with Crippen LogP contribution in [0.4, 0.5) is 0 Å². The monoisotopic (exact) mass is 868 g/mol. The number of esters is 2. The van der Waals surface area contributed by atoms with Gasteiger partial charge in [-0.2, -0.15) is 0 Å². The van der Waals surface area contributed by atoms with Crippen LogP contribution in [-0.2, 0) is 37.5 Å². The summed E-state index contributed by atoms with van der Waals surface area (Å²) < 4.78 is 32.7. The number of allylic oxidation sites excluding steroid dienone is 8. The first kappa shape index (κ1) is 57.4. The van der Waals surface area contributed by atoms with Crippen LogP contribution in [0.25, 0.3) is 0 Å². The average molecular weight is 868 g/mol. The minimum atomic E-state index is -4.73. The van der Waals surface area contributed by atoms with Crippen molar-refractivity contribution in [3.8, 4) is 0 Å². The molecule has 0 aliphatic rings. The highest BCUT2D eigenvalue weighted by atomic mass is 31.2. The summed E-state index contributed by atoms with van der Waals surface area (Å²) in [7, 11) is -4.73. The van der Waals surface area contributed by atoms with Crippen LogP contribution in [-0.4, -0.2) is 59.9 Å². The summed E-state index contributed by atoms with van der Waals surface area (Å²) in [5.74, 6) is -2.44. The van der Waals surface area contributed by atoms with Crippen LogP contribution < -0.4 is 5.73 Å². The number of unbranched alkanes of at least 4 members (excludes halogenated alkanes) is 22. The molecule has 0 saturated carbocycles. The maximum absolute atomic E-state index is 12.7. The lowest BCUT2D eigenvalue weighted by atomic mass is 10.0. The minimum absolute atomic E-state index is 0.146. The zero-order chi connectivity index (χ0) is 44.2. The number of hydrogen-bond donors (Lipinski definition) is 3. The highest BCUT2D eigenvalue weighted by Crippen LogP contribution is 2.43. The molecule has 0 amide bonds. The molecule has 0 saturated heterocycles. The second-order valence-electron chi connectivity index (χ2n) is 15.9. The lowest BCUT2D eigenvalue weighted by Gasteiger charge is -2.20. The Kier molecular flexibility index (Phi) is 41.3. The Hall–Kier alpha value is -2.56. The molecule has 3 atom stereocenters. The Bertz CT molecular complexity index is 1200. The van der Waals surface area contributed by atoms with Gasteiger partial charge in [-0.05, 0) is 51.4 Å². The maximum atomic E-state index is 12.7. The minimum Gasteiger partial charge on any atom is -0.480 e. The largest absolute Gasteiger partial charge is 0.480 e. The number of phosphoric acid groups is 1. The van der Waals surface area contributed by atoms with Crippen LogP contribution in [0, 0.1) is 0 Å². The highest BCUT2D eigenvalue weighted by molar-refractivity contribution is 7.47. The van der Waals surface area contributed by atoms with E-state index in [1.165, 1.54) is 116 Å². The third kappa shape index (κ3) is 42.1. The molecule has 0 aromatic rings. The van der Waals surface area contributed by atoms with Gasteiger partial charge in [-0.15, -0.1) is 0 Å². The molecule has 12 heteroatoms. The van der Waals surface area contributed by atoms with E-state index >= 15 is 0 Å². The predicted octanol–water partition coefficient (Wildman–Crippen LogP) is 13.0. The Balaban J connectivity index is 4.37. The second kappa shape index (κ2) is 43.1. The number of carbonyl (C=O) groups is 3. The normalized spacial score (nSPS) is 14.1. The predicted molar refractivity (Wildman–Crippen MR) is 245 cm³/mol. The van der Waals surface area contributed by atoms with Gasteiger partial charge in [0.05, 0.1) is 13.2 Å². The van der Waals surface area contributed by atoms with Crippen molar-refractivity contribution in [2.24, 2.45) is 5.73 Å². The number of carboxylic acid groups (broad SMARTS) is 1. The number of hydrogen-bond acceptors (Lipinski definition) is 9. The van der Waals surface area contributed by atoms with E-state index in [0.29, 0.717) is 19.3 Å². The van der Waals surface area contributed by atoms with Gasteiger partial charge in [0, 0.05) is 12.8 Å². The van der Waals surface area contributed by atoms with Gasteiger partial charge in [0.15, 0.2) is 6.10 Å². The first-order chi connectivity index (χ1) is 29.1. The van der Waals surface area contributed by atoms with Crippen molar-refractivity contribution in [2.75, 3.05) is 19.8 Å². The zero-order valence-electron chi connectivity index (χ0n) is 37.8. The maximum Gasteiger partial charge on any atom is 0.472 e. The van der Waals surface area contributed by atoms with Gasteiger partial charge < -0.3 is 25.2 Å². The van der Waals surface area contributed by atoms with Crippen molar-refractivity contribution in [1.29, 1.82) is 0 Å². The highest BCUT2D eigenvalue weighted by Gasteiger charge is 2.28. The van der Waals surface area contributed by atoms with E-state index in [1.807, 2.05) is 6.08 Å². The Morgan fingerprint density at radius 2 is 0.900 bits per heavy atom. The molecule has 4 N–H and O–H groups in total. The number of rotatable bonds is 44. The first-order valence-electron chi connectivity index (χ1n) is 23.7. The molecular weight excluding hydrogens is 781 g/mol. The van der Waals surface area contributed by atoms with Crippen LogP contribution in [0.3, 0.4) is 0 Å². The molecule has 0 fully saturated rings. The molecule has 0 aromatic heterocycles. The van der Waals surface area contributed by atoms with Crippen molar-refractivity contribution in [3.05, 3.63) is 48.6 Å². The fourth-order valence-corrected chi connectivity index (χ4v) is 7.13. The summed E-state index contributed by atoms with van der Waals surface area (Å²) in [6, 6.07) is -1.53. The van der Waals surface area contributed by atoms with Gasteiger partial charge >= 0.3 is 25.7 Å². The molecule has 0 heterocycles. The lowest BCUT2D eigenvalue weighted by Crippen LogP contribution is -2.34. The summed E-state index contributed by atoms with van der Waals surface area (Å²) in [5.41, 5.74) is 5.34. The number of carbonyl (C=O) groups excluding carboxylic acids is 2. The SMILES string of the molecule is CCCCC/C=C\C/C=C\C/C=C\C/C=C\CCCC(=O)OC[C@H](COP(=O)(O)OC[C@H](N)C(=O)O)OC(=O)CCCCCCCCCCCCCCCCCCCCC. The first-order valence-corrected chi connectivity index (χ1v) is 25.2. The van der Waals surface area contributed by atoms with E-state index in [1.54, 1.807) is 0 Å². The van der Waals surface area contributed by atoms with E-state index in [-0.39, 0.29) is 19.4 Å². The summed E-state index contributed by atoms with van der Waals surface area (Å²) in [5, 5.41) is 8.90. The fraction of sp³-hybridized carbons (Fsp3) is 0.771. The summed E-state index contributed by atoms with van der Waals surface area (Å²) in [6.07, 6.45) is 48.9. The summed E-state index contributed by atoms with van der Waals surface area (Å²) in [4.78, 5) is 46.0. The number of ether oxygens (including phenoxy) is 2. The molecule has 0 bridgehead atoms. The smallest absolute Gasteiger partial charge is 0.472 e. The van der Waals surface area contributed by atoms with Crippen LogP contribution in [0.1, 0.15) is 206 Å². The van der Waals surface area contributed by atoms with E-state index in [9.17, 15) is 23.8 Å². The molecule has 0 spiro atoms. The molecule has 0 aliphatic carbocycles. The van der Waals surface area contributed by atoms with Crippen molar-refractivity contribution in [3.63, 3.8) is 0 Å². The van der Waals surface area contributed by atoms with Crippen LogP contribution in [0.15, 0.2) is 48.6 Å². The van der Waals surface area contributed by atoms with Crippen molar-refractivity contribution in [1.82, 2.24) is 0 Å². The fourth-order valence-electron chi connectivity index (χ4n) is 6.35. The van der Waals surface area contributed by atoms with Gasteiger partial charge in [-0.1, -0.05) is 191 Å². The van der Waals surface area contributed by atoms with Gasteiger partial charge in [0.1, 0.15) is 12.6 Å². The van der Waals surface area contributed by atoms with E-state index in [2.05, 4.69) is 60.9 Å². The molecule has 0 aromatic carbocycles. The van der Waals surface area contributed by atoms with Crippen LogP contribution >= 0.6 is 7.82 Å². The molecule has 0 radical (unpaired) electrons. The molecule has 0 aliphatic heterocycles. The molecule has 60 heavy (non-hydrogen) atoms. The summed E-state index contributed by atoms with van der Waals surface area (Å²) in [6.45, 7) is 2.74. The number of phosphoric ester groups is 1. The quantitative estimate of drug-likeness (QED) is 0.0230. The second-order valence-corrected chi connectivity index (χ2v) is 17.3. The van der Waals surface area contributed by atoms with E-state index < -0.39 is 51.1 Å². The van der Waals surface area contributed by atoms with E-state index in [0.717, 1.165) is 44.9 Å². The van der Waals surface area contributed by atoms with Crippen molar-refractivity contribution in [2.45, 2.75) is 219 Å². The van der Waals surface area contributed by atoms with Gasteiger partial charge in [0.25, 0.3) is 0 Å². The molecule has 348 valence electrons. The molecular formula is C48H86NO10P. The van der Waals surface area contributed by atoms with Crippen LogP contribution in [0.2, 0.25) is 0 Å². The standard InChI is InChI=1S/C48H86NO10P/c1-3-5-7-9-11-13-15-17-19-21-22-24-26-28-30-32-34-36-38-40-47(51)59-44(42-57-60(54,55)58-43-45(49)48(52)53)41-56-46(50)39-37-35-33-31-29-27-25-23-20-18-16-14-12-10-8-6-4-2/h12,14,18,20,25,27,31,33,44-45H,3-11,13,15-17,19,21-24,26,28-30,32,34-43,49H2,1-2H3,(H,52,53)(H,54,55)/b14-12-,20-18-,27-25-,33-31-/t44-,45+/m1/s1. The number of aliphatic carboxylic acids is 1. The Morgan fingerprint density at radius 1 is 0.517 bits per heavy atom. The molecule has 1 unspecified atom stereocenters. The zero-order valence-corrected chi connectivity index (χ0v) is 38.7. The van der Waals surface area contributed by atoms with Gasteiger partial charge in [-0.3, -0.25) is 23.4 Å². The van der Waals surface area contributed by atoms with E-state index in [4.69, 9.17) is 24.8 Å².